The van der Waals surface area contributed by atoms with Gasteiger partial charge in [0.2, 0.25) is 17.7 Å². The average molecular weight is 488 g/mol. The molecule has 0 aliphatic heterocycles. The highest BCUT2D eigenvalue weighted by Crippen LogP contribution is 2.46. The predicted octanol–water partition coefficient (Wildman–Crippen LogP) is 3.29. The first-order chi connectivity index (χ1) is 15.0. The maximum Gasteiger partial charge on any atom is 0.275 e. The minimum atomic E-state index is -0.612. The van der Waals surface area contributed by atoms with Crippen molar-refractivity contribution in [1.29, 1.82) is 0 Å². The standard InChI is InChI=1S/C21H19BrFN5O3/c22-13-3-4-15-16(7-13)19(31-17-6-11-1-2-12(17)5-11)27-28(20(15)30)10-18(29)26-21-24-8-14(23)9-25-21/h3-4,7-9,11-12,17H,1-2,5-6,10H2,(H,24,25,26,29)/t11?,12?,17-/m1/s1. The van der Waals surface area contributed by atoms with E-state index in [2.05, 4.69) is 36.3 Å². The van der Waals surface area contributed by atoms with Gasteiger partial charge in [0, 0.05) is 4.47 Å². The van der Waals surface area contributed by atoms with Crippen LogP contribution in [0.15, 0.2) is 39.9 Å². The van der Waals surface area contributed by atoms with E-state index in [9.17, 15) is 14.0 Å². The molecule has 2 aliphatic rings. The van der Waals surface area contributed by atoms with Crippen molar-refractivity contribution in [3.05, 3.63) is 51.2 Å². The lowest BCUT2D eigenvalue weighted by atomic mass is 9.98. The minimum Gasteiger partial charge on any atom is -0.473 e. The van der Waals surface area contributed by atoms with E-state index < -0.39 is 17.3 Å². The third-order valence-electron chi connectivity index (χ3n) is 5.99. The van der Waals surface area contributed by atoms with Crippen LogP contribution in [0.2, 0.25) is 0 Å². The second kappa shape index (κ2) is 7.99. The monoisotopic (exact) mass is 487 g/mol. The summed E-state index contributed by atoms with van der Waals surface area (Å²) in [5.74, 6) is 0.332. The molecule has 8 nitrogen and oxygen atoms in total. The number of ether oxygens (including phenoxy) is 1. The Balaban J connectivity index is 1.45. The van der Waals surface area contributed by atoms with Crippen molar-refractivity contribution in [1.82, 2.24) is 19.7 Å². The third kappa shape index (κ3) is 4.04. The van der Waals surface area contributed by atoms with Crippen LogP contribution in [0, 0.1) is 17.7 Å². The zero-order valence-corrected chi connectivity index (χ0v) is 18.0. The van der Waals surface area contributed by atoms with E-state index in [0.717, 1.165) is 34.4 Å². The predicted molar refractivity (Wildman–Crippen MR) is 114 cm³/mol. The van der Waals surface area contributed by atoms with E-state index >= 15 is 0 Å². The first-order valence-electron chi connectivity index (χ1n) is 10.1. The second-order valence-corrected chi connectivity index (χ2v) is 8.98. The molecule has 10 heteroatoms. The van der Waals surface area contributed by atoms with Crippen molar-refractivity contribution < 1.29 is 13.9 Å². The van der Waals surface area contributed by atoms with E-state index in [0.29, 0.717) is 28.5 Å². The highest BCUT2D eigenvalue weighted by atomic mass is 79.9. The van der Waals surface area contributed by atoms with Gasteiger partial charge < -0.3 is 4.74 Å². The van der Waals surface area contributed by atoms with Crippen LogP contribution in [-0.2, 0) is 11.3 Å². The summed E-state index contributed by atoms with van der Waals surface area (Å²) < 4.78 is 21.1. The van der Waals surface area contributed by atoms with Crippen molar-refractivity contribution in [2.45, 2.75) is 38.3 Å². The molecule has 3 atom stereocenters. The highest BCUT2D eigenvalue weighted by Gasteiger charge is 2.41. The number of benzene rings is 1. The molecule has 2 aromatic heterocycles. The van der Waals surface area contributed by atoms with Crippen molar-refractivity contribution in [3.8, 4) is 5.88 Å². The number of rotatable bonds is 5. The third-order valence-corrected chi connectivity index (χ3v) is 6.48. The summed E-state index contributed by atoms with van der Waals surface area (Å²) in [6.45, 7) is -0.349. The Bertz CT molecular complexity index is 1220. The number of nitrogens with one attached hydrogen (secondary N) is 1. The molecule has 0 saturated heterocycles. The molecule has 160 valence electrons. The van der Waals surface area contributed by atoms with Gasteiger partial charge in [-0.25, -0.2) is 19.0 Å². The molecule has 0 radical (unpaired) electrons. The van der Waals surface area contributed by atoms with Crippen LogP contribution in [-0.4, -0.2) is 31.8 Å². The van der Waals surface area contributed by atoms with Gasteiger partial charge in [-0.05, 0) is 55.7 Å². The van der Waals surface area contributed by atoms with E-state index in [1.54, 1.807) is 12.1 Å². The first-order valence-corrected chi connectivity index (χ1v) is 10.9. The number of halogens is 2. The van der Waals surface area contributed by atoms with Crippen LogP contribution in [0.4, 0.5) is 10.3 Å². The summed E-state index contributed by atoms with van der Waals surface area (Å²) in [7, 11) is 0. The number of amides is 1. The molecule has 2 bridgehead atoms. The van der Waals surface area contributed by atoms with Gasteiger partial charge in [0.15, 0.2) is 5.82 Å². The number of hydrogen-bond acceptors (Lipinski definition) is 6. The second-order valence-electron chi connectivity index (χ2n) is 8.06. The van der Waals surface area contributed by atoms with Crippen LogP contribution >= 0.6 is 15.9 Å². The van der Waals surface area contributed by atoms with Crippen molar-refractivity contribution >= 4 is 38.6 Å². The Hall–Kier alpha value is -2.88. The minimum absolute atomic E-state index is 0.0531. The molecule has 2 fully saturated rings. The molecular weight excluding hydrogens is 469 g/mol. The largest absolute Gasteiger partial charge is 0.473 e. The molecule has 2 aliphatic carbocycles. The molecular formula is C21H19BrFN5O3. The van der Waals surface area contributed by atoms with Crippen LogP contribution in [0.3, 0.4) is 0 Å². The number of carbonyl (C=O) groups excluding carboxylic acids is 1. The van der Waals surface area contributed by atoms with Gasteiger partial charge in [-0.3, -0.25) is 14.9 Å². The van der Waals surface area contributed by atoms with Crippen LogP contribution in [0.5, 0.6) is 5.88 Å². The van der Waals surface area contributed by atoms with Crippen molar-refractivity contribution in [3.63, 3.8) is 0 Å². The first kappa shape index (κ1) is 20.0. The molecule has 31 heavy (non-hydrogen) atoms. The van der Waals surface area contributed by atoms with E-state index in [-0.39, 0.29) is 18.6 Å². The Morgan fingerprint density at radius 3 is 2.74 bits per heavy atom. The SMILES string of the molecule is O=C(Cn1nc(O[C@@H]2CC3CCC2C3)c2cc(Br)ccc2c1=O)Nc1ncc(F)cn1. The van der Waals surface area contributed by atoms with Crippen LogP contribution in [0.1, 0.15) is 25.7 Å². The van der Waals surface area contributed by atoms with Gasteiger partial charge in [-0.2, -0.15) is 0 Å². The summed E-state index contributed by atoms with van der Waals surface area (Å²) >= 11 is 3.44. The van der Waals surface area contributed by atoms with Gasteiger partial charge >= 0.3 is 0 Å². The van der Waals surface area contributed by atoms with E-state index in [4.69, 9.17) is 4.74 Å². The Kier molecular flexibility index (Phi) is 5.17. The number of carbonyl (C=O) groups is 1. The summed E-state index contributed by atoms with van der Waals surface area (Å²) in [6.07, 6.45) is 6.52. The van der Waals surface area contributed by atoms with Gasteiger partial charge in [-0.1, -0.05) is 15.9 Å². The van der Waals surface area contributed by atoms with Gasteiger partial charge in [0.1, 0.15) is 12.6 Å². The zero-order valence-electron chi connectivity index (χ0n) is 16.4. The fraction of sp³-hybridized carbons (Fsp3) is 0.381. The Morgan fingerprint density at radius 1 is 1.23 bits per heavy atom. The van der Waals surface area contributed by atoms with E-state index in [1.165, 1.54) is 12.8 Å². The Morgan fingerprint density at radius 2 is 2.03 bits per heavy atom. The lowest BCUT2D eigenvalue weighted by Crippen LogP contribution is -2.32. The summed E-state index contributed by atoms with van der Waals surface area (Å²) in [4.78, 5) is 32.8. The summed E-state index contributed by atoms with van der Waals surface area (Å²) in [5.41, 5.74) is -0.405. The molecule has 1 N–H and O–H groups in total. The molecule has 1 aromatic carbocycles. The average Bonchev–Trinajstić information content (AvgIpc) is 3.36. The van der Waals surface area contributed by atoms with Crippen LogP contribution < -0.4 is 15.6 Å². The van der Waals surface area contributed by atoms with Gasteiger partial charge in [0.05, 0.1) is 23.2 Å². The van der Waals surface area contributed by atoms with Gasteiger partial charge in [-0.15, -0.1) is 5.10 Å². The maximum atomic E-state index is 13.0. The fourth-order valence-electron chi connectivity index (χ4n) is 4.57. The number of hydrogen-bond donors (Lipinski definition) is 1. The lowest BCUT2D eigenvalue weighted by Gasteiger charge is -2.23. The zero-order chi connectivity index (χ0) is 21.5. The number of anilines is 1. The molecule has 1 amide bonds. The molecule has 2 unspecified atom stereocenters. The van der Waals surface area contributed by atoms with Gasteiger partial charge in [0.25, 0.3) is 5.56 Å². The van der Waals surface area contributed by atoms with Crippen LogP contribution in [0.25, 0.3) is 10.8 Å². The van der Waals surface area contributed by atoms with E-state index in [1.807, 2.05) is 6.07 Å². The fourth-order valence-corrected chi connectivity index (χ4v) is 4.93. The molecule has 3 aromatic rings. The summed E-state index contributed by atoms with van der Waals surface area (Å²) in [6, 6.07) is 5.26. The molecule has 2 saturated carbocycles. The van der Waals surface area contributed by atoms with Crippen molar-refractivity contribution in [2.24, 2.45) is 11.8 Å². The number of nitrogens with zero attached hydrogens (tertiary/aromatic N) is 4. The highest BCUT2D eigenvalue weighted by molar-refractivity contribution is 9.10. The van der Waals surface area contributed by atoms with Crippen molar-refractivity contribution in [2.75, 3.05) is 5.32 Å². The maximum absolute atomic E-state index is 13.0. The topological polar surface area (TPSA) is 99.0 Å². The normalized spacial score (nSPS) is 22.1. The quantitative estimate of drug-likeness (QED) is 0.592. The molecule has 0 spiro atoms. The number of fused-ring (bicyclic) bond motifs is 3. The summed E-state index contributed by atoms with van der Waals surface area (Å²) in [5, 5.41) is 7.85. The number of aromatic nitrogens is 4. The Labute approximate surface area is 185 Å². The lowest BCUT2D eigenvalue weighted by molar-refractivity contribution is -0.117. The molecule has 2 heterocycles. The smallest absolute Gasteiger partial charge is 0.275 e. The molecule has 5 rings (SSSR count).